The number of likely N-dealkylation sites (tertiary alicyclic amines) is 4. The highest BCUT2D eigenvalue weighted by Gasteiger charge is 2.47. The van der Waals surface area contributed by atoms with Crippen LogP contribution in [0.2, 0.25) is 0 Å². The highest BCUT2D eigenvalue weighted by molar-refractivity contribution is 4.99. The average Bonchev–Trinajstić information content (AvgIpc) is 2.99. The maximum absolute atomic E-state index is 5.96. The summed E-state index contributed by atoms with van der Waals surface area (Å²) >= 11 is 0. The van der Waals surface area contributed by atoms with Gasteiger partial charge in [0.1, 0.15) is 0 Å². The Morgan fingerprint density at radius 1 is 0.591 bits per heavy atom. The molecule has 2 spiro atoms. The van der Waals surface area contributed by atoms with Crippen LogP contribution in [0, 0.1) is 22.7 Å². The Labute approximate surface area is 272 Å². The summed E-state index contributed by atoms with van der Waals surface area (Å²) < 4.78 is 11.7. The predicted octanol–water partition coefficient (Wildman–Crippen LogP) is 6.78. The summed E-state index contributed by atoms with van der Waals surface area (Å²) in [7, 11) is 0. The Morgan fingerprint density at radius 2 is 1.05 bits per heavy atom. The van der Waals surface area contributed by atoms with Crippen molar-refractivity contribution in [3.05, 3.63) is 0 Å². The molecule has 6 aliphatic rings. The number of ether oxygens (including phenoxy) is 2. The summed E-state index contributed by atoms with van der Waals surface area (Å²) in [5.74, 6) is 1.91. The molecule has 2 aliphatic carbocycles. The predicted molar refractivity (Wildman–Crippen MR) is 184 cm³/mol. The molecule has 6 fully saturated rings. The van der Waals surface area contributed by atoms with E-state index in [9.17, 15) is 0 Å². The first-order chi connectivity index (χ1) is 21.3. The van der Waals surface area contributed by atoms with Gasteiger partial charge in [0.15, 0.2) is 0 Å². The molecule has 6 rings (SSSR count). The molecule has 0 atom stereocenters. The molecule has 4 aliphatic heterocycles. The molecule has 0 bridgehead atoms. The van der Waals surface area contributed by atoms with Crippen LogP contribution in [0.15, 0.2) is 0 Å². The molecule has 2 saturated carbocycles. The van der Waals surface area contributed by atoms with Crippen molar-refractivity contribution >= 4 is 0 Å². The normalized spacial score (nSPS) is 28.2. The standard InChI is InChI=1S/2C19H36N2O/c1-4-20-9-5-17(6-10-20)15-21-11-7-19(8-12-21)13-18(14-19)22-16(2)3;1-3-9-20-10-5-17(6-11-20)16-21-12-7-19(8-13-21)14-18(15-19)22-4-2/h16-18H,4-15H2,1-3H3;17-18H,3-16H2,1-2H3. The van der Waals surface area contributed by atoms with Gasteiger partial charge in [-0.3, -0.25) is 0 Å². The second-order valence-electron chi connectivity index (χ2n) is 16.5. The van der Waals surface area contributed by atoms with Crippen LogP contribution < -0.4 is 0 Å². The van der Waals surface area contributed by atoms with E-state index in [2.05, 4.69) is 54.2 Å². The highest BCUT2D eigenvalue weighted by Crippen LogP contribution is 2.51. The van der Waals surface area contributed by atoms with E-state index in [0.717, 1.165) is 18.4 Å². The molecule has 6 heteroatoms. The lowest BCUT2D eigenvalue weighted by molar-refractivity contribution is -0.124. The minimum absolute atomic E-state index is 0.399. The van der Waals surface area contributed by atoms with Crippen molar-refractivity contribution in [2.75, 3.05) is 85.1 Å². The van der Waals surface area contributed by atoms with Crippen LogP contribution in [-0.4, -0.2) is 123 Å². The maximum Gasteiger partial charge on any atom is 0.0589 e. The lowest BCUT2D eigenvalue weighted by Gasteiger charge is -2.52. The van der Waals surface area contributed by atoms with Gasteiger partial charge in [-0.1, -0.05) is 13.8 Å². The van der Waals surface area contributed by atoms with Gasteiger partial charge in [0.25, 0.3) is 0 Å². The van der Waals surface area contributed by atoms with E-state index in [1.165, 1.54) is 162 Å². The van der Waals surface area contributed by atoms with Gasteiger partial charge in [-0.15, -0.1) is 0 Å². The van der Waals surface area contributed by atoms with Gasteiger partial charge in [0.05, 0.1) is 18.3 Å². The van der Waals surface area contributed by atoms with E-state index >= 15 is 0 Å². The van der Waals surface area contributed by atoms with Crippen molar-refractivity contribution in [1.29, 1.82) is 0 Å². The first-order valence-electron chi connectivity index (χ1n) is 19.5. The average molecular weight is 617 g/mol. The number of hydrogen-bond acceptors (Lipinski definition) is 6. The molecule has 0 aromatic heterocycles. The smallest absolute Gasteiger partial charge is 0.0589 e. The Kier molecular flexibility index (Phi) is 13.3. The zero-order valence-corrected chi connectivity index (χ0v) is 29.9. The quantitative estimate of drug-likeness (QED) is 0.255. The van der Waals surface area contributed by atoms with E-state index in [-0.39, 0.29) is 0 Å². The molecule has 0 aromatic carbocycles. The molecule has 4 saturated heterocycles. The van der Waals surface area contributed by atoms with E-state index in [1.807, 2.05) is 0 Å². The monoisotopic (exact) mass is 617 g/mol. The van der Waals surface area contributed by atoms with Crippen molar-refractivity contribution in [1.82, 2.24) is 19.6 Å². The maximum atomic E-state index is 5.96. The first-order valence-corrected chi connectivity index (χ1v) is 19.5. The van der Waals surface area contributed by atoms with Crippen LogP contribution in [-0.2, 0) is 9.47 Å². The van der Waals surface area contributed by atoms with Crippen LogP contribution in [0.1, 0.15) is 118 Å². The van der Waals surface area contributed by atoms with Gasteiger partial charge >= 0.3 is 0 Å². The summed E-state index contributed by atoms with van der Waals surface area (Å²) in [6.45, 7) is 27.9. The fraction of sp³-hybridized carbons (Fsp3) is 1.00. The molecule has 6 nitrogen and oxygen atoms in total. The van der Waals surface area contributed by atoms with Crippen molar-refractivity contribution in [2.24, 2.45) is 22.7 Å². The summed E-state index contributed by atoms with van der Waals surface area (Å²) in [5, 5.41) is 0. The fourth-order valence-corrected chi connectivity index (χ4v) is 9.81. The molecule has 0 aromatic rings. The van der Waals surface area contributed by atoms with E-state index in [1.54, 1.807) is 0 Å². The van der Waals surface area contributed by atoms with Crippen LogP contribution >= 0.6 is 0 Å². The summed E-state index contributed by atoms with van der Waals surface area (Å²) in [4.78, 5) is 10.8. The molecule has 0 amide bonds. The Hall–Kier alpha value is -0.240. The van der Waals surface area contributed by atoms with Gasteiger partial charge in [0.2, 0.25) is 0 Å². The van der Waals surface area contributed by atoms with Crippen LogP contribution in [0.3, 0.4) is 0 Å². The van der Waals surface area contributed by atoms with E-state index < -0.39 is 0 Å². The topological polar surface area (TPSA) is 31.4 Å². The molecule has 0 radical (unpaired) electrons. The van der Waals surface area contributed by atoms with Crippen molar-refractivity contribution in [3.8, 4) is 0 Å². The molecule has 4 heterocycles. The van der Waals surface area contributed by atoms with Gasteiger partial charge in [-0.05, 0) is 192 Å². The zero-order chi connectivity index (χ0) is 31.0. The Balaban J connectivity index is 0.000000175. The summed E-state index contributed by atoms with van der Waals surface area (Å²) in [5.41, 5.74) is 1.32. The SMILES string of the molecule is CCCN1CCC(CN2CCC3(CC2)CC(OCC)C3)CC1.CCN1CCC(CN2CCC3(CC2)CC(OC(C)C)C3)CC1. The van der Waals surface area contributed by atoms with Gasteiger partial charge in [-0.25, -0.2) is 0 Å². The zero-order valence-electron chi connectivity index (χ0n) is 29.9. The highest BCUT2D eigenvalue weighted by atomic mass is 16.5. The first kappa shape index (κ1) is 35.1. The second kappa shape index (κ2) is 16.7. The van der Waals surface area contributed by atoms with Gasteiger partial charge in [-0.2, -0.15) is 0 Å². The van der Waals surface area contributed by atoms with Crippen molar-refractivity contribution < 1.29 is 9.47 Å². The molecule has 44 heavy (non-hydrogen) atoms. The fourth-order valence-electron chi connectivity index (χ4n) is 9.81. The lowest BCUT2D eigenvalue weighted by atomic mass is 9.61. The van der Waals surface area contributed by atoms with E-state index in [4.69, 9.17) is 9.47 Å². The second-order valence-corrected chi connectivity index (χ2v) is 16.5. The third-order valence-electron chi connectivity index (χ3n) is 12.8. The third-order valence-corrected chi connectivity index (χ3v) is 12.8. The summed E-state index contributed by atoms with van der Waals surface area (Å²) in [6, 6.07) is 0. The van der Waals surface area contributed by atoms with Crippen LogP contribution in [0.4, 0.5) is 0 Å². The minimum Gasteiger partial charge on any atom is -0.378 e. The third kappa shape index (κ3) is 9.89. The molecule has 0 unspecified atom stereocenters. The number of piperidine rings is 4. The molecule has 256 valence electrons. The summed E-state index contributed by atoms with van der Waals surface area (Å²) in [6.07, 6.45) is 19.5. The van der Waals surface area contributed by atoms with Gasteiger partial charge < -0.3 is 29.1 Å². The lowest BCUT2D eigenvalue weighted by Crippen LogP contribution is -2.51. The van der Waals surface area contributed by atoms with Crippen molar-refractivity contribution in [3.63, 3.8) is 0 Å². The molecular formula is C38H72N4O2. The van der Waals surface area contributed by atoms with Crippen LogP contribution in [0.5, 0.6) is 0 Å². The van der Waals surface area contributed by atoms with Gasteiger partial charge in [0, 0.05) is 19.7 Å². The van der Waals surface area contributed by atoms with Crippen LogP contribution in [0.25, 0.3) is 0 Å². The Bertz CT molecular complexity index is 790. The van der Waals surface area contributed by atoms with E-state index in [0.29, 0.717) is 29.1 Å². The number of hydrogen-bond donors (Lipinski definition) is 0. The molecular weight excluding hydrogens is 544 g/mol. The van der Waals surface area contributed by atoms with Crippen molar-refractivity contribution in [2.45, 2.75) is 136 Å². The number of nitrogens with zero attached hydrogens (tertiary/aromatic N) is 4. The Morgan fingerprint density at radius 3 is 1.45 bits per heavy atom. The molecule has 0 N–H and O–H groups in total. The number of rotatable bonds is 11. The largest absolute Gasteiger partial charge is 0.378 e. The minimum atomic E-state index is 0.399.